The van der Waals surface area contributed by atoms with Crippen LogP contribution in [0.25, 0.3) is 0 Å². The fraction of sp³-hybridized carbons (Fsp3) is 0.533. The molecule has 0 bridgehead atoms. The summed E-state index contributed by atoms with van der Waals surface area (Å²) < 4.78 is 78.8. The lowest BCUT2D eigenvalue weighted by Crippen LogP contribution is -2.45. The Morgan fingerprint density at radius 1 is 1.08 bits per heavy atom. The lowest BCUT2D eigenvalue weighted by atomic mass is 10.2. The minimum atomic E-state index is -5.71. The highest BCUT2D eigenvalue weighted by Gasteiger charge is 2.59. The van der Waals surface area contributed by atoms with Crippen LogP contribution in [-0.2, 0) is 6.54 Å². The molecule has 1 unspecified atom stereocenters. The average molecular weight is 354 g/mol. The van der Waals surface area contributed by atoms with E-state index in [-0.39, 0.29) is 0 Å². The van der Waals surface area contributed by atoms with Crippen molar-refractivity contribution in [3.05, 3.63) is 29.8 Å². The number of hydrogen-bond donors (Lipinski definition) is 1. The Morgan fingerprint density at radius 2 is 1.71 bits per heavy atom. The highest BCUT2D eigenvalue weighted by molar-refractivity contribution is 5.27. The summed E-state index contributed by atoms with van der Waals surface area (Å²) in [6, 6.07) is 6.88. The first-order valence-electron chi connectivity index (χ1n) is 7.11. The lowest BCUT2D eigenvalue weighted by Gasteiger charge is -2.23. The van der Waals surface area contributed by atoms with Gasteiger partial charge >= 0.3 is 12.3 Å². The molecule has 1 N–H and O–H groups in total. The van der Waals surface area contributed by atoms with Crippen molar-refractivity contribution in [1.82, 2.24) is 5.32 Å². The van der Waals surface area contributed by atoms with Gasteiger partial charge < -0.3 is 10.1 Å². The fourth-order valence-electron chi connectivity index (χ4n) is 1.76. The molecule has 134 valence electrons. The molecular formula is C15H16F6N2O. The zero-order chi connectivity index (χ0) is 18.2. The zero-order valence-corrected chi connectivity index (χ0v) is 12.5. The molecule has 1 atom stereocenters. The van der Waals surface area contributed by atoms with Gasteiger partial charge in [0, 0.05) is 13.0 Å². The normalized spacial score (nSPS) is 13.4. The average Bonchev–Trinajstić information content (AvgIpc) is 2.50. The summed E-state index contributed by atoms with van der Waals surface area (Å²) in [6.07, 6.45) is -13.1. The maximum atomic E-state index is 13.1. The van der Waals surface area contributed by atoms with E-state index in [0.717, 1.165) is 25.0 Å². The van der Waals surface area contributed by atoms with Gasteiger partial charge in [0.05, 0.1) is 6.07 Å². The van der Waals surface area contributed by atoms with Crippen LogP contribution in [0.5, 0.6) is 5.75 Å². The van der Waals surface area contributed by atoms with E-state index in [1.165, 1.54) is 12.1 Å². The van der Waals surface area contributed by atoms with Crippen LogP contribution in [-0.4, -0.2) is 25.0 Å². The molecule has 0 amide bonds. The predicted molar refractivity (Wildman–Crippen MR) is 74.1 cm³/mol. The highest BCUT2D eigenvalue weighted by Crippen LogP contribution is 2.36. The molecule has 1 aromatic carbocycles. The maximum Gasteiger partial charge on any atom is 0.439 e. The monoisotopic (exact) mass is 354 g/mol. The Kier molecular flexibility index (Phi) is 7.35. The van der Waals surface area contributed by atoms with Crippen molar-refractivity contribution in [3.8, 4) is 11.8 Å². The summed E-state index contributed by atoms with van der Waals surface area (Å²) in [6.45, 7) is 1.07. The van der Waals surface area contributed by atoms with E-state index >= 15 is 0 Å². The van der Waals surface area contributed by atoms with Gasteiger partial charge in [0.25, 0.3) is 6.17 Å². The number of ether oxygens (including phenoxy) is 1. The summed E-state index contributed by atoms with van der Waals surface area (Å²) in [5.41, 5.74) is 0.693. The Hall–Kier alpha value is -1.95. The van der Waals surface area contributed by atoms with Crippen molar-refractivity contribution in [2.45, 2.75) is 44.3 Å². The molecule has 0 aliphatic heterocycles. The second-order valence-electron chi connectivity index (χ2n) is 5.00. The number of nitrogens with zero attached hydrogens (tertiary/aromatic N) is 1. The minimum absolute atomic E-state index is 0.414. The number of nitriles is 1. The number of rotatable bonds is 9. The molecule has 24 heavy (non-hydrogen) atoms. The molecule has 0 saturated heterocycles. The Labute approximate surface area is 135 Å². The number of halogens is 6. The molecule has 1 rings (SSSR count). The summed E-state index contributed by atoms with van der Waals surface area (Å²) in [4.78, 5) is 0. The van der Waals surface area contributed by atoms with Crippen LogP contribution in [0.1, 0.15) is 24.8 Å². The SMILES string of the molecule is N#CCCCCNCc1ccc(OC(F)(F)C(F)C(F)(F)F)cc1. The third kappa shape index (κ3) is 6.66. The summed E-state index contributed by atoms with van der Waals surface area (Å²) in [7, 11) is 0. The molecule has 9 heteroatoms. The van der Waals surface area contributed by atoms with Crippen LogP contribution >= 0.6 is 0 Å². The van der Waals surface area contributed by atoms with E-state index in [0.29, 0.717) is 25.1 Å². The highest BCUT2D eigenvalue weighted by atomic mass is 19.4. The standard InChI is InChI=1S/C15H16F6N2O/c16-13(14(17,18)19)15(20,21)24-12-6-4-11(5-7-12)10-23-9-3-1-2-8-22/h4-7,13,23H,1-3,9-10H2. The van der Waals surface area contributed by atoms with Crippen molar-refractivity contribution in [2.75, 3.05) is 6.54 Å². The molecule has 0 spiro atoms. The third-order valence-corrected chi connectivity index (χ3v) is 2.98. The molecule has 1 aromatic rings. The Morgan fingerprint density at radius 3 is 2.25 bits per heavy atom. The second-order valence-corrected chi connectivity index (χ2v) is 5.00. The number of unbranched alkanes of at least 4 members (excludes halogenated alkanes) is 2. The van der Waals surface area contributed by atoms with Crippen molar-refractivity contribution >= 4 is 0 Å². The van der Waals surface area contributed by atoms with Crippen LogP contribution in [0.15, 0.2) is 24.3 Å². The van der Waals surface area contributed by atoms with E-state index in [4.69, 9.17) is 5.26 Å². The van der Waals surface area contributed by atoms with Gasteiger partial charge in [0.1, 0.15) is 5.75 Å². The van der Waals surface area contributed by atoms with Crippen LogP contribution in [0.3, 0.4) is 0 Å². The molecule has 0 aliphatic rings. The molecular weight excluding hydrogens is 338 g/mol. The fourth-order valence-corrected chi connectivity index (χ4v) is 1.76. The van der Waals surface area contributed by atoms with Gasteiger partial charge in [-0.25, -0.2) is 4.39 Å². The van der Waals surface area contributed by atoms with Crippen molar-refractivity contribution < 1.29 is 31.1 Å². The molecule has 0 radical (unpaired) electrons. The van der Waals surface area contributed by atoms with Gasteiger partial charge in [-0.2, -0.15) is 27.2 Å². The summed E-state index contributed by atoms with van der Waals surface area (Å²) >= 11 is 0. The Balaban J connectivity index is 2.48. The van der Waals surface area contributed by atoms with E-state index in [9.17, 15) is 26.3 Å². The summed E-state index contributed by atoms with van der Waals surface area (Å²) in [5.74, 6) is -0.565. The number of alkyl halides is 6. The largest absolute Gasteiger partial charge is 0.439 e. The molecule has 3 nitrogen and oxygen atoms in total. The van der Waals surface area contributed by atoms with E-state index in [2.05, 4.69) is 10.1 Å². The molecule has 0 aromatic heterocycles. The third-order valence-electron chi connectivity index (χ3n) is 2.98. The number of nitrogens with one attached hydrogen (secondary N) is 1. The lowest BCUT2D eigenvalue weighted by molar-refractivity contribution is -0.304. The predicted octanol–water partition coefficient (Wildman–Crippen LogP) is 4.34. The van der Waals surface area contributed by atoms with Gasteiger partial charge in [-0.15, -0.1) is 0 Å². The smallest absolute Gasteiger partial charge is 0.430 e. The first kappa shape index (κ1) is 20.1. The van der Waals surface area contributed by atoms with Gasteiger partial charge in [-0.05, 0) is 37.1 Å². The molecule has 0 aliphatic carbocycles. The van der Waals surface area contributed by atoms with Crippen LogP contribution < -0.4 is 10.1 Å². The first-order chi connectivity index (χ1) is 11.2. The van der Waals surface area contributed by atoms with Crippen LogP contribution in [0, 0.1) is 11.3 Å². The van der Waals surface area contributed by atoms with Gasteiger partial charge in [0.2, 0.25) is 0 Å². The van der Waals surface area contributed by atoms with Crippen LogP contribution in [0.4, 0.5) is 26.3 Å². The molecule has 0 heterocycles. The Bertz CT molecular complexity index is 538. The molecule has 0 fully saturated rings. The number of hydrogen-bond acceptors (Lipinski definition) is 3. The topological polar surface area (TPSA) is 45.0 Å². The van der Waals surface area contributed by atoms with Gasteiger partial charge in [0.15, 0.2) is 0 Å². The van der Waals surface area contributed by atoms with Crippen molar-refractivity contribution in [2.24, 2.45) is 0 Å². The zero-order valence-electron chi connectivity index (χ0n) is 12.5. The quantitative estimate of drug-likeness (QED) is 0.530. The van der Waals surface area contributed by atoms with Gasteiger partial charge in [-0.3, -0.25) is 0 Å². The van der Waals surface area contributed by atoms with Gasteiger partial charge in [-0.1, -0.05) is 12.1 Å². The van der Waals surface area contributed by atoms with E-state index in [1.807, 2.05) is 6.07 Å². The van der Waals surface area contributed by atoms with Crippen molar-refractivity contribution in [1.29, 1.82) is 5.26 Å². The second kappa shape index (κ2) is 8.78. The van der Waals surface area contributed by atoms with E-state index < -0.39 is 24.2 Å². The van der Waals surface area contributed by atoms with Crippen LogP contribution in [0.2, 0.25) is 0 Å². The minimum Gasteiger partial charge on any atom is -0.430 e. The maximum absolute atomic E-state index is 13.1. The molecule has 0 saturated carbocycles. The summed E-state index contributed by atoms with van der Waals surface area (Å²) in [5, 5.41) is 11.4. The van der Waals surface area contributed by atoms with E-state index in [1.54, 1.807) is 0 Å². The number of benzene rings is 1. The first-order valence-corrected chi connectivity index (χ1v) is 7.11. The van der Waals surface area contributed by atoms with Crippen molar-refractivity contribution in [3.63, 3.8) is 0 Å².